The number of amides is 1. The van der Waals surface area contributed by atoms with Gasteiger partial charge in [0, 0.05) is 11.5 Å². The van der Waals surface area contributed by atoms with Crippen LogP contribution in [0.2, 0.25) is 0 Å². The fourth-order valence-electron chi connectivity index (χ4n) is 3.73. The monoisotopic (exact) mass is 318 g/mol. The zero-order valence-corrected chi connectivity index (χ0v) is 14.6. The summed E-state index contributed by atoms with van der Waals surface area (Å²) in [6.07, 6.45) is 4.42. The van der Waals surface area contributed by atoms with Gasteiger partial charge in [-0.05, 0) is 50.6 Å². The molecule has 0 bridgehead atoms. The molecule has 0 spiro atoms. The van der Waals surface area contributed by atoms with Crippen molar-refractivity contribution < 1.29 is 9.90 Å². The van der Waals surface area contributed by atoms with E-state index in [9.17, 15) is 9.90 Å². The minimum Gasteiger partial charge on any atom is -0.508 e. The Kier molecular flexibility index (Phi) is 6.05. The van der Waals surface area contributed by atoms with E-state index in [-0.39, 0.29) is 17.2 Å². The Labute approximate surface area is 139 Å². The number of aromatic hydroxyl groups is 1. The van der Waals surface area contributed by atoms with E-state index in [1.165, 1.54) is 12.0 Å². The van der Waals surface area contributed by atoms with Gasteiger partial charge in [-0.25, -0.2) is 0 Å². The Hall–Kier alpha value is -1.55. The van der Waals surface area contributed by atoms with E-state index in [1.54, 1.807) is 12.1 Å². The molecule has 2 atom stereocenters. The topological polar surface area (TPSA) is 52.6 Å². The van der Waals surface area contributed by atoms with Gasteiger partial charge < -0.3 is 10.4 Å². The third kappa shape index (κ3) is 4.47. The summed E-state index contributed by atoms with van der Waals surface area (Å²) in [6.45, 7) is 8.58. The molecule has 23 heavy (non-hydrogen) atoms. The number of hydrogen-bond acceptors (Lipinski definition) is 3. The standard InChI is InChI=1S/C19H30N2O2/c1-4-21(5-2)14-18(23)20-19(3)13-7-6-8-17(19)15-9-11-16(22)12-10-15/h9-12,17,22H,4-8,13-14H2,1-3H3,(H,20,23)/t17-,19+/m0/s1. The largest absolute Gasteiger partial charge is 0.508 e. The van der Waals surface area contributed by atoms with Crippen LogP contribution in [0, 0.1) is 0 Å². The van der Waals surface area contributed by atoms with Crippen LogP contribution in [0.15, 0.2) is 24.3 Å². The van der Waals surface area contributed by atoms with Crippen molar-refractivity contribution in [2.24, 2.45) is 0 Å². The molecule has 0 aromatic heterocycles. The van der Waals surface area contributed by atoms with Crippen molar-refractivity contribution in [1.82, 2.24) is 10.2 Å². The van der Waals surface area contributed by atoms with Crippen LogP contribution in [0.3, 0.4) is 0 Å². The maximum Gasteiger partial charge on any atom is 0.234 e. The number of carbonyl (C=O) groups is 1. The smallest absolute Gasteiger partial charge is 0.234 e. The van der Waals surface area contributed by atoms with Gasteiger partial charge in [0.05, 0.1) is 6.54 Å². The molecule has 0 aliphatic heterocycles. The lowest BCUT2D eigenvalue weighted by Gasteiger charge is -2.43. The zero-order valence-electron chi connectivity index (χ0n) is 14.6. The normalized spacial score (nSPS) is 24.6. The fraction of sp³-hybridized carbons (Fsp3) is 0.632. The van der Waals surface area contributed by atoms with E-state index in [4.69, 9.17) is 0 Å². The molecule has 1 amide bonds. The summed E-state index contributed by atoms with van der Waals surface area (Å²) < 4.78 is 0. The summed E-state index contributed by atoms with van der Waals surface area (Å²) in [4.78, 5) is 14.6. The third-order valence-electron chi connectivity index (χ3n) is 5.19. The lowest BCUT2D eigenvalue weighted by molar-refractivity contribution is -0.124. The van der Waals surface area contributed by atoms with Crippen LogP contribution in [0.5, 0.6) is 5.75 Å². The summed E-state index contributed by atoms with van der Waals surface area (Å²) in [5.41, 5.74) is 0.993. The second-order valence-electron chi connectivity index (χ2n) is 6.82. The van der Waals surface area contributed by atoms with Crippen LogP contribution in [0.4, 0.5) is 0 Å². The lowest BCUT2D eigenvalue weighted by Crippen LogP contribution is -2.54. The molecule has 1 aromatic carbocycles. The lowest BCUT2D eigenvalue weighted by atomic mass is 9.70. The minimum absolute atomic E-state index is 0.113. The summed E-state index contributed by atoms with van der Waals surface area (Å²) in [5, 5.41) is 12.8. The van der Waals surface area contributed by atoms with Crippen LogP contribution in [-0.2, 0) is 4.79 Å². The molecule has 1 aromatic rings. The average molecular weight is 318 g/mol. The molecule has 1 saturated carbocycles. The highest BCUT2D eigenvalue weighted by molar-refractivity contribution is 5.79. The highest BCUT2D eigenvalue weighted by Crippen LogP contribution is 2.41. The molecule has 1 fully saturated rings. The molecule has 4 heteroatoms. The van der Waals surface area contributed by atoms with Gasteiger partial charge in [0.15, 0.2) is 0 Å². The third-order valence-corrected chi connectivity index (χ3v) is 5.19. The van der Waals surface area contributed by atoms with Gasteiger partial charge in [-0.3, -0.25) is 9.69 Å². The highest BCUT2D eigenvalue weighted by atomic mass is 16.3. The summed E-state index contributed by atoms with van der Waals surface area (Å²) in [6, 6.07) is 7.45. The Bertz CT molecular complexity index is 511. The number of nitrogens with zero attached hydrogens (tertiary/aromatic N) is 1. The first kappa shape index (κ1) is 17.8. The van der Waals surface area contributed by atoms with Crippen LogP contribution in [0.25, 0.3) is 0 Å². The zero-order chi connectivity index (χ0) is 16.9. The Morgan fingerprint density at radius 3 is 2.52 bits per heavy atom. The number of phenolic OH excluding ortho intramolecular Hbond substituents is 1. The number of phenols is 1. The van der Waals surface area contributed by atoms with E-state index in [2.05, 4.69) is 31.0 Å². The quantitative estimate of drug-likeness (QED) is 0.846. The molecule has 0 unspecified atom stereocenters. The van der Waals surface area contributed by atoms with Gasteiger partial charge in [0.25, 0.3) is 0 Å². The molecule has 2 rings (SSSR count). The molecule has 2 N–H and O–H groups in total. The van der Waals surface area contributed by atoms with Crippen molar-refractivity contribution >= 4 is 5.91 Å². The number of nitrogens with one attached hydrogen (secondary N) is 1. The maximum absolute atomic E-state index is 12.5. The number of hydrogen-bond donors (Lipinski definition) is 2. The van der Waals surface area contributed by atoms with Crippen molar-refractivity contribution in [1.29, 1.82) is 0 Å². The van der Waals surface area contributed by atoms with Crippen LogP contribution < -0.4 is 5.32 Å². The average Bonchev–Trinajstić information content (AvgIpc) is 2.53. The van der Waals surface area contributed by atoms with E-state index in [0.717, 1.165) is 32.4 Å². The predicted octanol–water partition coefficient (Wildman–Crippen LogP) is 3.27. The summed E-state index contributed by atoms with van der Waals surface area (Å²) in [7, 11) is 0. The molecule has 1 aliphatic rings. The van der Waals surface area contributed by atoms with Crippen LogP contribution in [-0.4, -0.2) is 41.1 Å². The van der Waals surface area contributed by atoms with Gasteiger partial charge in [-0.1, -0.05) is 38.8 Å². The second-order valence-corrected chi connectivity index (χ2v) is 6.82. The van der Waals surface area contributed by atoms with E-state index >= 15 is 0 Å². The summed E-state index contributed by atoms with van der Waals surface area (Å²) in [5.74, 6) is 0.705. The second kappa shape index (κ2) is 7.82. The molecular formula is C19H30N2O2. The summed E-state index contributed by atoms with van der Waals surface area (Å²) >= 11 is 0. The highest BCUT2D eigenvalue weighted by Gasteiger charge is 2.38. The maximum atomic E-state index is 12.5. The SMILES string of the molecule is CCN(CC)CC(=O)N[C@]1(C)CCCC[C@H]1c1ccc(O)cc1. The van der Waals surface area contributed by atoms with Gasteiger partial charge in [-0.2, -0.15) is 0 Å². The molecule has 0 radical (unpaired) electrons. The van der Waals surface area contributed by atoms with E-state index in [1.807, 2.05) is 12.1 Å². The number of rotatable bonds is 6. The van der Waals surface area contributed by atoms with E-state index in [0.29, 0.717) is 12.5 Å². The fourth-order valence-corrected chi connectivity index (χ4v) is 3.73. The van der Waals surface area contributed by atoms with Crippen molar-refractivity contribution in [3.63, 3.8) is 0 Å². The molecule has 4 nitrogen and oxygen atoms in total. The Morgan fingerprint density at radius 2 is 1.91 bits per heavy atom. The van der Waals surface area contributed by atoms with E-state index < -0.39 is 0 Å². The molecule has 1 aliphatic carbocycles. The minimum atomic E-state index is -0.209. The number of likely N-dealkylation sites (N-methyl/N-ethyl adjacent to an activating group) is 1. The molecule has 128 valence electrons. The van der Waals surface area contributed by atoms with Crippen LogP contribution >= 0.6 is 0 Å². The van der Waals surface area contributed by atoms with Crippen molar-refractivity contribution in [3.8, 4) is 5.75 Å². The molecular weight excluding hydrogens is 288 g/mol. The number of benzene rings is 1. The Morgan fingerprint density at radius 1 is 1.26 bits per heavy atom. The molecule has 0 saturated heterocycles. The molecule has 0 heterocycles. The van der Waals surface area contributed by atoms with Crippen molar-refractivity contribution in [3.05, 3.63) is 29.8 Å². The van der Waals surface area contributed by atoms with Gasteiger partial charge in [0.1, 0.15) is 5.75 Å². The first-order valence-electron chi connectivity index (χ1n) is 8.80. The van der Waals surface area contributed by atoms with Gasteiger partial charge in [0.2, 0.25) is 5.91 Å². The van der Waals surface area contributed by atoms with Gasteiger partial charge in [-0.15, -0.1) is 0 Å². The first-order chi connectivity index (χ1) is 11.0. The van der Waals surface area contributed by atoms with Crippen LogP contribution in [0.1, 0.15) is 57.9 Å². The Balaban J connectivity index is 2.12. The first-order valence-corrected chi connectivity index (χ1v) is 8.80. The van der Waals surface area contributed by atoms with Gasteiger partial charge >= 0.3 is 0 Å². The van der Waals surface area contributed by atoms with Crippen molar-refractivity contribution in [2.75, 3.05) is 19.6 Å². The number of carbonyl (C=O) groups excluding carboxylic acids is 1. The predicted molar refractivity (Wildman–Crippen MR) is 93.7 cm³/mol. The van der Waals surface area contributed by atoms with Crippen molar-refractivity contribution in [2.45, 2.75) is 57.9 Å².